The van der Waals surface area contributed by atoms with Crippen molar-refractivity contribution in [1.29, 1.82) is 0 Å². The average molecular weight is 299 g/mol. The summed E-state index contributed by atoms with van der Waals surface area (Å²) in [4.78, 5) is 4.11. The quantitative estimate of drug-likeness (QED) is 0.887. The van der Waals surface area contributed by atoms with Crippen LogP contribution in [-0.4, -0.2) is 51.1 Å². The van der Waals surface area contributed by atoms with Crippen molar-refractivity contribution < 1.29 is 13.2 Å². The molecule has 0 spiro atoms. The van der Waals surface area contributed by atoms with E-state index in [9.17, 15) is 8.42 Å². The molecule has 6 nitrogen and oxygen atoms in total. The van der Waals surface area contributed by atoms with Crippen LogP contribution in [-0.2, 0) is 14.8 Å². The van der Waals surface area contributed by atoms with E-state index in [-0.39, 0.29) is 11.0 Å². The van der Waals surface area contributed by atoms with Gasteiger partial charge in [0, 0.05) is 39.6 Å². The smallest absolute Gasteiger partial charge is 0.246 e. The van der Waals surface area contributed by atoms with Gasteiger partial charge in [-0.25, -0.2) is 8.42 Å². The predicted octanol–water partition coefficient (Wildman–Crippen LogP) is 1.31. The second kappa shape index (κ2) is 6.51. The Kier molecular flexibility index (Phi) is 4.95. The number of rotatable bonds is 5. The molecule has 1 unspecified atom stereocenters. The molecular formula is C13H21N3O3S. The number of nitrogens with one attached hydrogen (secondary N) is 1. The van der Waals surface area contributed by atoms with Crippen molar-refractivity contribution in [2.45, 2.75) is 30.3 Å². The summed E-state index contributed by atoms with van der Waals surface area (Å²) in [7, 11) is -0.277. The summed E-state index contributed by atoms with van der Waals surface area (Å²) in [6.45, 7) is 1.09. The molecule has 1 N–H and O–H groups in total. The van der Waals surface area contributed by atoms with Gasteiger partial charge >= 0.3 is 0 Å². The van der Waals surface area contributed by atoms with Crippen molar-refractivity contribution in [2.75, 3.05) is 32.6 Å². The number of aromatic nitrogens is 1. The number of anilines is 1. The zero-order valence-electron chi connectivity index (χ0n) is 11.9. The zero-order valence-corrected chi connectivity index (χ0v) is 12.7. The maximum absolute atomic E-state index is 12.6. The van der Waals surface area contributed by atoms with Crippen LogP contribution in [0.2, 0.25) is 0 Å². The van der Waals surface area contributed by atoms with Gasteiger partial charge in [0.15, 0.2) is 0 Å². The number of ether oxygens (including phenoxy) is 1. The molecule has 0 aromatic carbocycles. The predicted molar refractivity (Wildman–Crippen MR) is 77.2 cm³/mol. The van der Waals surface area contributed by atoms with Gasteiger partial charge in [0.25, 0.3) is 0 Å². The molecule has 0 bridgehead atoms. The number of sulfonamides is 1. The third-order valence-corrected chi connectivity index (χ3v) is 5.33. The van der Waals surface area contributed by atoms with E-state index in [0.717, 1.165) is 19.3 Å². The molecule has 0 radical (unpaired) electrons. The van der Waals surface area contributed by atoms with Crippen molar-refractivity contribution in [1.82, 2.24) is 9.29 Å². The standard InChI is InChI=1S/C13H21N3O3S/c1-14-12-6-7-15-9-13(12)20(17,18)16(2)10-11-5-3-4-8-19-11/h6-7,9,11H,3-5,8,10H2,1-2H3,(H,14,15). The molecule has 1 aromatic heterocycles. The van der Waals surface area contributed by atoms with Gasteiger partial charge in [-0.15, -0.1) is 0 Å². The Morgan fingerprint density at radius 3 is 2.95 bits per heavy atom. The molecule has 1 aliphatic rings. The number of pyridine rings is 1. The molecule has 2 heterocycles. The number of likely N-dealkylation sites (N-methyl/N-ethyl adjacent to an activating group) is 1. The number of hydrogen-bond acceptors (Lipinski definition) is 5. The Morgan fingerprint density at radius 2 is 2.30 bits per heavy atom. The highest BCUT2D eigenvalue weighted by molar-refractivity contribution is 7.89. The fourth-order valence-electron chi connectivity index (χ4n) is 2.30. The van der Waals surface area contributed by atoms with Gasteiger partial charge in [-0.1, -0.05) is 0 Å². The molecule has 1 aliphatic heterocycles. The van der Waals surface area contributed by atoms with Crippen molar-refractivity contribution in [3.05, 3.63) is 18.5 Å². The molecule has 1 aromatic rings. The Labute approximate surface area is 120 Å². The van der Waals surface area contributed by atoms with Gasteiger partial charge in [-0.3, -0.25) is 4.98 Å². The van der Waals surface area contributed by atoms with Crippen LogP contribution >= 0.6 is 0 Å². The van der Waals surface area contributed by atoms with Crippen LogP contribution in [0.4, 0.5) is 5.69 Å². The minimum absolute atomic E-state index is 0.0155. The molecule has 2 rings (SSSR count). The molecule has 1 fully saturated rings. The fourth-order valence-corrected chi connectivity index (χ4v) is 3.64. The van der Waals surface area contributed by atoms with Crippen molar-refractivity contribution in [3.8, 4) is 0 Å². The number of hydrogen-bond donors (Lipinski definition) is 1. The minimum atomic E-state index is -3.55. The van der Waals surface area contributed by atoms with Crippen molar-refractivity contribution in [2.24, 2.45) is 0 Å². The van der Waals surface area contributed by atoms with Gasteiger partial charge in [0.2, 0.25) is 10.0 Å². The SMILES string of the molecule is CNc1ccncc1S(=O)(=O)N(C)CC1CCCCO1. The molecule has 0 saturated carbocycles. The van der Waals surface area contributed by atoms with Crippen LogP contribution < -0.4 is 5.32 Å². The maximum Gasteiger partial charge on any atom is 0.246 e. The lowest BCUT2D eigenvalue weighted by Crippen LogP contribution is -2.37. The van der Waals surface area contributed by atoms with E-state index in [1.807, 2.05) is 0 Å². The van der Waals surface area contributed by atoms with Crippen molar-refractivity contribution >= 4 is 15.7 Å². The van der Waals surface area contributed by atoms with Crippen LogP contribution in [0.5, 0.6) is 0 Å². The Hall–Kier alpha value is -1.18. The van der Waals surface area contributed by atoms with Gasteiger partial charge in [0.1, 0.15) is 4.90 Å². The summed E-state index contributed by atoms with van der Waals surface area (Å²) in [6, 6.07) is 1.65. The highest BCUT2D eigenvalue weighted by Gasteiger charge is 2.27. The van der Waals surface area contributed by atoms with Gasteiger partial charge in [0.05, 0.1) is 11.8 Å². The highest BCUT2D eigenvalue weighted by atomic mass is 32.2. The molecule has 1 atom stereocenters. The van der Waals surface area contributed by atoms with Crippen LogP contribution in [0, 0.1) is 0 Å². The van der Waals surface area contributed by atoms with E-state index in [4.69, 9.17) is 4.74 Å². The summed E-state index contributed by atoms with van der Waals surface area (Å²) in [5.41, 5.74) is 0.552. The van der Waals surface area contributed by atoms with E-state index in [0.29, 0.717) is 18.8 Å². The van der Waals surface area contributed by atoms with Crippen molar-refractivity contribution in [3.63, 3.8) is 0 Å². The molecule has 112 valence electrons. The molecule has 7 heteroatoms. The van der Waals surface area contributed by atoms with Gasteiger partial charge < -0.3 is 10.1 Å². The van der Waals surface area contributed by atoms with Crippen LogP contribution in [0.25, 0.3) is 0 Å². The number of nitrogens with zero attached hydrogens (tertiary/aromatic N) is 2. The Bertz CT molecular complexity index is 542. The second-order valence-electron chi connectivity index (χ2n) is 4.90. The summed E-state index contributed by atoms with van der Waals surface area (Å²) in [6.07, 6.45) is 5.98. The summed E-state index contributed by atoms with van der Waals surface area (Å²) in [5.74, 6) is 0. The minimum Gasteiger partial charge on any atom is -0.387 e. The molecule has 20 heavy (non-hydrogen) atoms. The summed E-state index contributed by atoms with van der Waals surface area (Å²) < 4.78 is 32.1. The Morgan fingerprint density at radius 1 is 1.50 bits per heavy atom. The summed E-state index contributed by atoms with van der Waals surface area (Å²) >= 11 is 0. The van der Waals surface area contributed by atoms with Crippen LogP contribution in [0.15, 0.2) is 23.4 Å². The van der Waals surface area contributed by atoms with E-state index < -0.39 is 10.0 Å². The molecule has 0 aliphatic carbocycles. The summed E-state index contributed by atoms with van der Waals surface area (Å²) in [5, 5.41) is 2.88. The first kappa shape index (κ1) is 15.2. The van der Waals surface area contributed by atoms with E-state index in [1.54, 1.807) is 26.4 Å². The first-order chi connectivity index (χ1) is 9.55. The molecule has 1 saturated heterocycles. The zero-order chi connectivity index (χ0) is 14.6. The van der Waals surface area contributed by atoms with E-state index >= 15 is 0 Å². The first-order valence-corrected chi connectivity index (χ1v) is 8.19. The fraction of sp³-hybridized carbons (Fsp3) is 0.615. The lowest BCUT2D eigenvalue weighted by atomic mass is 10.1. The average Bonchev–Trinajstić information content (AvgIpc) is 2.48. The third kappa shape index (κ3) is 3.28. The molecular weight excluding hydrogens is 278 g/mol. The topological polar surface area (TPSA) is 71.5 Å². The maximum atomic E-state index is 12.6. The highest BCUT2D eigenvalue weighted by Crippen LogP contribution is 2.23. The normalized spacial score (nSPS) is 20.1. The monoisotopic (exact) mass is 299 g/mol. The van der Waals surface area contributed by atoms with Crippen LogP contribution in [0.3, 0.4) is 0 Å². The van der Waals surface area contributed by atoms with Crippen LogP contribution in [0.1, 0.15) is 19.3 Å². The largest absolute Gasteiger partial charge is 0.387 e. The lowest BCUT2D eigenvalue weighted by Gasteiger charge is -2.27. The van der Waals surface area contributed by atoms with E-state index in [1.165, 1.54) is 10.5 Å². The van der Waals surface area contributed by atoms with Gasteiger partial charge in [-0.2, -0.15) is 4.31 Å². The lowest BCUT2D eigenvalue weighted by molar-refractivity contribution is 0.00859. The first-order valence-electron chi connectivity index (χ1n) is 6.75. The second-order valence-corrected chi connectivity index (χ2v) is 6.91. The third-order valence-electron chi connectivity index (χ3n) is 3.48. The van der Waals surface area contributed by atoms with Gasteiger partial charge in [-0.05, 0) is 25.3 Å². The van der Waals surface area contributed by atoms with E-state index in [2.05, 4.69) is 10.3 Å². The molecule has 0 amide bonds. The Balaban J connectivity index is 2.16.